The highest BCUT2D eigenvalue weighted by Crippen LogP contribution is 2.29. The van der Waals surface area contributed by atoms with Gasteiger partial charge in [0.2, 0.25) is 0 Å². The summed E-state index contributed by atoms with van der Waals surface area (Å²) in [7, 11) is 2.69. The molecule has 164 valence electrons. The number of ether oxygens (including phenoxy) is 3. The van der Waals surface area contributed by atoms with Crippen molar-refractivity contribution in [2.45, 2.75) is 6.54 Å². The van der Waals surface area contributed by atoms with Gasteiger partial charge in [-0.1, -0.05) is 24.3 Å². The first-order valence-electron chi connectivity index (χ1n) is 9.47. The topological polar surface area (TPSA) is 117 Å². The van der Waals surface area contributed by atoms with E-state index in [0.717, 1.165) is 6.07 Å². The van der Waals surface area contributed by atoms with Gasteiger partial charge in [0.15, 0.2) is 0 Å². The van der Waals surface area contributed by atoms with Gasteiger partial charge in [0.25, 0.3) is 11.6 Å². The lowest BCUT2D eigenvalue weighted by molar-refractivity contribution is -0.384. The predicted molar refractivity (Wildman–Crippen MR) is 115 cm³/mol. The summed E-state index contributed by atoms with van der Waals surface area (Å²) >= 11 is 0. The molecule has 0 heterocycles. The number of nitro groups is 1. The second kappa shape index (κ2) is 10.1. The van der Waals surface area contributed by atoms with Crippen LogP contribution in [0.2, 0.25) is 0 Å². The van der Waals surface area contributed by atoms with Crippen molar-refractivity contribution in [3.8, 4) is 17.2 Å². The standard InChI is InChI=1S/C23H20N2O7/c1-30-20-10-8-15(12-19(20)23(27)31-2)14-24-22(26)18-13-16(25(28)29)9-11-21(18)32-17-6-4-3-5-7-17/h3-13H,14H2,1-2H3,(H,24,26). The number of esters is 1. The van der Waals surface area contributed by atoms with Crippen molar-refractivity contribution in [1.29, 1.82) is 0 Å². The Labute approximate surface area is 183 Å². The van der Waals surface area contributed by atoms with Crippen LogP contribution >= 0.6 is 0 Å². The van der Waals surface area contributed by atoms with Gasteiger partial charge >= 0.3 is 5.97 Å². The van der Waals surface area contributed by atoms with Crippen LogP contribution in [0.4, 0.5) is 5.69 Å². The average molecular weight is 436 g/mol. The third-order valence-corrected chi connectivity index (χ3v) is 4.51. The number of nitrogens with zero attached hydrogens (tertiary/aromatic N) is 1. The van der Waals surface area contributed by atoms with Crippen LogP contribution in [-0.2, 0) is 11.3 Å². The van der Waals surface area contributed by atoms with Crippen molar-refractivity contribution < 1.29 is 28.7 Å². The summed E-state index contributed by atoms with van der Waals surface area (Å²) in [5.41, 5.74) is 0.582. The minimum atomic E-state index is -0.588. The molecule has 0 aromatic heterocycles. The minimum absolute atomic E-state index is 0.00440. The molecule has 1 amide bonds. The molecule has 9 nitrogen and oxygen atoms in total. The second-order valence-electron chi connectivity index (χ2n) is 6.56. The third-order valence-electron chi connectivity index (χ3n) is 4.51. The van der Waals surface area contributed by atoms with Gasteiger partial charge in [-0.3, -0.25) is 14.9 Å². The van der Waals surface area contributed by atoms with Gasteiger partial charge in [-0.05, 0) is 35.9 Å². The number of hydrogen-bond acceptors (Lipinski definition) is 7. The van der Waals surface area contributed by atoms with Gasteiger partial charge in [-0.15, -0.1) is 0 Å². The molecule has 32 heavy (non-hydrogen) atoms. The lowest BCUT2D eigenvalue weighted by Gasteiger charge is -2.13. The molecule has 0 aliphatic heterocycles. The maximum absolute atomic E-state index is 12.9. The lowest BCUT2D eigenvalue weighted by Crippen LogP contribution is -2.23. The number of methoxy groups -OCH3 is 2. The van der Waals surface area contributed by atoms with E-state index in [1.807, 2.05) is 6.07 Å². The summed E-state index contributed by atoms with van der Waals surface area (Å²) in [4.78, 5) is 35.4. The van der Waals surface area contributed by atoms with Crippen LogP contribution in [0.15, 0.2) is 66.7 Å². The van der Waals surface area contributed by atoms with Crippen molar-refractivity contribution in [1.82, 2.24) is 5.32 Å². The number of nitrogens with one attached hydrogen (secondary N) is 1. The molecule has 0 aliphatic rings. The number of benzene rings is 3. The number of nitro benzene ring substituents is 1. The van der Waals surface area contributed by atoms with E-state index in [0.29, 0.717) is 17.1 Å². The Morgan fingerprint density at radius 2 is 1.66 bits per heavy atom. The Morgan fingerprint density at radius 3 is 2.31 bits per heavy atom. The maximum atomic E-state index is 12.9. The quantitative estimate of drug-likeness (QED) is 0.321. The molecule has 0 fully saturated rings. The van der Waals surface area contributed by atoms with Gasteiger partial charge in [-0.25, -0.2) is 4.79 Å². The molecule has 0 spiro atoms. The SMILES string of the molecule is COC(=O)c1cc(CNC(=O)c2cc([N+](=O)[O-])ccc2Oc2ccccc2)ccc1OC. The van der Waals surface area contributed by atoms with Gasteiger partial charge in [-0.2, -0.15) is 0 Å². The van der Waals surface area contributed by atoms with E-state index in [2.05, 4.69) is 5.32 Å². The average Bonchev–Trinajstić information content (AvgIpc) is 2.82. The van der Waals surface area contributed by atoms with Crippen LogP contribution in [0.5, 0.6) is 17.2 Å². The Morgan fingerprint density at radius 1 is 0.938 bits per heavy atom. The molecule has 1 N–H and O–H groups in total. The molecule has 3 rings (SSSR count). The van der Waals surface area contributed by atoms with Crippen molar-refractivity contribution in [3.05, 3.63) is 93.5 Å². The zero-order valence-corrected chi connectivity index (χ0v) is 17.4. The summed E-state index contributed by atoms with van der Waals surface area (Å²) < 4.78 is 15.7. The molecule has 3 aromatic carbocycles. The molecular formula is C23H20N2O7. The molecule has 0 saturated heterocycles. The zero-order valence-electron chi connectivity index (χ0n) is 17.4. The van der Waals surface area contributed by atoms with Crippen LogP contribution in [0.25, 0.3) is 0 Å². The van der Waals surface area contributed by atoms with Crippen LogP contribution < -0.4 is 14.8 Å². The van der Waals surface area contributed by atoms with Crippen molar-refractivity contribution in [2.24, 2.45) is 0 Å². The molecule has 3 aromatic rings. The van der Waals surface area contributed by atoms with Crippen LogP contribution in [-0.4, -0.2) is 31.0 Å². The molecule has 0 saturated carbocycles. The lowest BCUT2D eigenvalue weighted by atomic mass is 10.1. The normalized spacial score (nSPS) is 10.2. The number of hydrogen-bond donors (Lipinski definition) is 1. The fraction of sp³-hybridized carbons (Fsp3) is 0.130. The van der Waals surface area contributed by atoms with Gasteiger partial charge in [0, 0.05) is 18.7 Å². The zero-order chi connectivity index (χ0) is 23.1. The van der Waals surface area contributed by atoms with E-state index < -0.39 is 16.8 Å². The van der Waals surface area contributed by atoms with Crippen molar-refractivity contribution >= 4 is 17.6 Å². The molecular weight excluding hydrogens is 416 g/mol. The largest absolute Gasteiger partial charge is 0.496 e. The molecule has 0 unspecified atom stereocenters. The Balaban J connectivity index is 1.84. The van der Waals surface area contributed by atoms with Crippen LogP contribution in [0, 0.1) is 10.1 Å². The number of rotatable bonds is 8. The number of para-hydroxylation sites is 1. The van der Waals surface area contributed by atoms with Crippen molar-refractivity contribution in [3.63, 3.8) is 0 Å². The summed E-state index contributed by atoms with van der Waals surface area (Å²) in [5, 5.41) is 13.9. The number of non-ortho nitro benzene ring substituents is 1. The van der Waals surface area contributed by atoms with Gasteiger partial charge in [0.1, 0.15) is 22.8 Å². The first-order chi connectivity index (χ1) is 15.4. The monoisotopic (exact) mass is 436 g/mol. The van der Waals surface area contributed by atoms with E-state index in [1.54, 1.807) is 42.5 Å². The molecule has 0 radical (unpaired) electrons. The maximum Gasteiger partial charge on any atom is 0.341 e. The first kappa shape index (κ1) is 22.3. The van der Waals surface area contributed by atoms with E-state index >= 15 is 0 Å². The van der Waals surface area contributed by atoms with E-state index in [4.69, 9.17) is 14.2 Å². The first-order valence-corrected chi connectivity index (χ1v) is 9.47. The molecule has 9 heteroatoms. The summed E-state index contributed by atoms with van der Waals surface area (Å²) in [6, 6.07) is 17.4. The molecule has 0 aliphatic carbocycles. The number of carbonyl (C=O) groups is 2. The van der Waals surface area contributed by atoms with E-state index in [1.165, 1.54) is 26.4 Å². The highest BCUT2D eigenvalue weighted by atomic mass is 16.6. The summed E-state index contributed by atoms with van der Waals surface area (Å²) in [6.07, 6.45) is 0. The predicted octanol–water partition coefficient (Wildman–Crippen LogP) is 4.11. The Kier molecular flexibility index (Phi) is 7.02. The fourth-order valence-corrected chi connectivity index (χ4v) is 2.93. The second-order valence-corrected chi connectivity index (χ2v) is 6.56. The van der Waals surface area contributed by atoms with E-state index in [-0.39, 0.29) is 29.1 Å². The highest BCUT2D eigenvalue weighted by molar-refractivity contribution is 5.97. The van der Waals surface area contributed by atoms with Crippen molar-refractivity contribution in [2.75, 3.05) is 14.2 Å². The van der Waals surface area contributed by atoms with E-state index in [9.17, 15) is 19.7 Å². The highest BCUT2D eigenvalue weighted by Gasteiger charge is 2.19. The molecule has 0 bridgehead atoms. The van der Waals surface area contributed by atoms with Gasteiger partial charge < -0.3 is 19.5 Å². The Hall–Kier alpha value is -4.40. The van der Waals surface area contributed by atoms with Crippen LogP contribution in [0.1, 0.15) is 26.3 Å². The fourth-order valence-electron chi connectivity index (χ4n) is 2.93. The summed E-state index contributed by atoms with van der Waals surface area (Å²) in [6.45, 7) is 0.0558. The minimum Gasteiger partial charge on any atom is -0.496 e. The smallest absolute Gasteiger partial charge is 0.341 e. The number of carbonyl (C=O) groups excluding carboxylic acids is 2. The van der Waals surface area contributed by atoms with Crippen LogP contribution in [0.3, 0.4) is 0 Å². The van der Waals surface area contributed by atoms with Gasteiger partial charge in [0.05, 0.1) is 24.7 Å². The number of amides is 1. The Bertz CT molecular complexity index is 1150. The third kappa shape index (κ3) is 5.20. The summed E-state index contributed by atoms with van der Waals surface area (Å²) in [5.74, 6) is -0.163. The molecule has 0 atom stereocenters.